The molecule has 2 aliphatic rings. The maximum atomic E-state index is 13.7. The highest BCUT2D eigenvalue weighted by Crippen LogP contribution is 2.37. The summed E-state index contributed by atoms with van der Waals surface area (Å²) in [4.78, 5) is 30.7. The van der Waals surface area contributed by atoms with E-state index in [1.807, 2.05) is 67.6 Å². The fraction of sp³-hybridized carbons (Fsp3) is 0.185. The second kappa shape index (κ2) is 8.00. The van der Waals surface area contributed by atoms with E-state index >= 15 is 0 Å². The van der Waals surface area contributed by atoms with Crippen molar-refractivity contribution in [1.82, 2.24) is 4.90 Å². The minimum absolute atomic E-state index is 0.274. The van der Waals surface area contributed by atoms with Crippen LogP contribution in [0.15, 0.2) is 78.5 Å². The van der Waals surface area contributed by atoms with Crippen molar-refractivity contribution >= 4 is 23.1 Å². The molecule has 0 fully saturated rings. The molecule has 5 rings (SSSR count). The quantitative estimate of drug-likeness (QED) is 0.585. The van der Waals surface area contributed by atoms with Gasteiger partial charge in [0.05, 0.1) is 18.4 Å². The molecule has 3 aromatic carbocycles. The van der Waals surface area contributed by atoms with Gasteiger partial charge in [0.2, 0.25) is 0 Å². The van der Waals surface area contributed by atoms with E-state index in [4.69, 9.17) is 4.74 Å². The maximum Gasteiger partial charge on any atom is 0.282 e. The SMILES string of the molecule is COc1ccc(C2=C(N3CCc4ccccc4C3)C(=O)N(c3ccc(C)cc3)C2=O)cc1. The standard InChI is InChI=1S/C27H24N2O3/c1-18-7-11-22(12-8-18)29-26(30)24(20-9-13-23(32-2)14-10-20)25(27(29)31)28-16-15-19-5-3-4-6-21(19)17-28/h3-14H,15-17H2,1-2H3. The first kappa shape index (κ1) is 20.1. The van der Waals surface area contributed by atoms with E-state index in [1.165, 1.54) is 16.0 Å². The van der Waals surface area contributed by atoms with Gasteiger partial charge in [0, 0.05) is 13.1 Å². The summed E-state index contributed by atoms with van der Waals surface area (Å²) in [5.74, 6) is 0.136. The number of anilines is 1. The average molecular weight is 425 g/mol. The zero-order chi connectivity index (χ0) is 22.2. The van der Waals surface area contributed by atoms with Gasteiger partial charge in [-0.05, 0) is 54.3 Å². The largest absolute Gasteiger partial charge is 0.497 e. The Labute approximate surface area is 187 Å². The number of carbonyl (C=O) groups is 2. The van der Waals surface area contributed by atoms with Gasteiger partial charge < -0.3 is 9.64 Å². The first-order valence-electron chi connectivity index (χ1n) is 10.7. The van der Waals surface area contributed by atoms with Crippen LogP contribution in [0, 0.1) is 6.92 Å². The molecule has 0 saturated carbocycles. The van der Waals surface area contributed by atoms with Gasteiger partial charge in [-0.15, -0.1) is 0 Å². The number of hydrogen-bond acceptors (Lipinski definition) is 4. The molecule has 5 heteroatoms. The summed E-state index contributed by atoms with van der Waals surface area (Å²) in [7, 11) is 1.61. The summed E-state index contributed by atoms with van der Waals surface area (Å²) in [6, 6.07) is 23.1. The highest BCUT2D eigenvalue weighted by molar-refractivity contribution is 6.45. The van der Waals surface area contributed by atoms with Crippen LogP contribution in [-0.4, -0.2) is 30.4 Å². The molecule has 0 radical (unpaired) electrons. The van der Waals surface area contributed by atoms with Gasteiger partial charge in [-0.2, -0.15) is 0 Å². The van der Waals surface area contributed by atoms with Crippen molar-refractivity contribution < 1.29 is 14.3 Å². The van der Waals surface area contributed by atoms with Crippen molar-refractivity contribution in [2.24, 2.45) is 0 Å². The Bertz CT molecular complexity index is 1230. The highest BCUT2D eigenvalue weighted by atomic mass is 16.5. The maximum absolute atomic E-state index is 13.7. The van der Waals surface area contributed by atoms with Crippen LogP contribution in [0.25, 0.3) is 5.57 Å². The number of benzene rings is 3. The number of amides is 2. The van der Waals surface area contributed by atoms with Gasteiger partial charge in [-0.25, -0.2) is 4.90 Å². The molecule has 0 aromatic heterocycles. The zero-order valence-electron chi connectivity index (χ0n) is 18.2. The number of nitrogens with zero attached hydrogens (tertiary/aromatic N) is 2. The number of carbonyl (C=O) groups excluding carboxylic acids is 2. The Morgan fingerprint density at radius 2 is 1.50 bits per heavy atom. The summed E-state index contributed by atoms with van der Waals surface area (Å²) in [6.07, 6.45) is 0.835. The molecule has 5 nitrogen and oxygen atoms in total. The smallest absolute Gasteiger partial charge is 0.282 e. The Morgan fingerprint density at radius 3 is 2.19 bits per heavy atom. The summed E-state index contributed by atoms with van der Waals surface area (Å²) in [5.41, 5.74) is 5.77. The van der Waals surface area contributed by atoms with Crippen molar-refractivity contribution in [3.8, 4) is 5.75 Å². The molecule has 0 unspecified atom stereocenters. The third-order valence-electron chi connectivity index (χ3n) is 6.18. The third kappa shape index (κ3) is 3.36. The van der Waals surface area contributed by atoms with Crippen molar-refractivity contribution in [2.75, 3.05) is 18.6 Å². The summed E-state index contributed by atoms with van der Waals surface area (Å²) in [6.45, 7) is 3.27. The molecule has 0 atom stereocenters. The van der Waals surface area contributed by atoms with E-state index in [2.05, 4.69) is 17.0 Å². The number of methoxy groups -OCH3 is 1. The lowest BCUT2D eigenvalue weighted by atomic mass is 9.98. The number of hydrogen-bond donors (Lipinski definition) is 0. The lowest BCUT2D eigenvalue weighted by Gasteiger charge is -2.31. The molecule has 2 aliphatic heterocycles. The van der Waals surface area contributed by atoms with Crippen LogP contribution in [-0.2, 0) is 22.6 Å². The van der Waals surface area contributed by atoms with E-state index in [9.17, 15) is 9.59 Å². The molecule has 160 valence electrons. The van der Waals surface area contributed by atoms with Crippen molar-refractivity contribution in [1.29, 1.82) is 0 Å². The zero-order valence-corrected chi connectivity index (χ0v) is 18.2. The van der Waals surface area contributed by atoms with E-state index in [0.717, 1.165) is 12.0 Å². The van der Waals surface area contributed by atoms with Crippen molar-refractivity contribution in [3.63, 3.8) is 0 Å². The molecule has 0 aliphatic carbocycles. The fourth-order valence-electron chi connectivity index (χ4n) is 4.44. The van der Waals surface area contributed by atoms with Crippen LogP contribution < -0.4 is 9.64 Å². The number of imide groups is 1. The molecule has 0 saturated heterocycles. The fourth-order valence-corrected chi connectivity index (χ4v) is 4.44. The molecule has 32 heavy (non-hydrogen) atoms. The molecule has 0 spiro atoms. The second-order valence-electron chi connectivity index (χ2n) is 8.17. The van der Waals surface area contributed by atoms with Crippen molar-refractivity contribution in [2.45, 2.75) is 19.9 Å². The van der Waals surface area contributed by atoms with Crippen LogP contribution in [0.1, 0.15) is 22.3 Å². The molecular weight excluding hydrogens is 400 g/mol. The molecule has 3 aromatic rings. The monoisotopic (exact) mass is 424 g/mol. The van der Waals surface area contributed by atoms with E-state index in [1.54, 1.807) is 7.11 Å². The second-order valence-corrected chi connectivity index (χ2v) is 8.17. The Morgan fingerprint density at radius 1 is 0.812 bits per heavy atom. The summed E-state index contributed by atoms with van der Waals surface area (Å²) in [5, 5.41) is 0. The van der Waals surface area contributed by atoms with Gasteiger partial charge >= 0.3 is 0 Å². The number of ether oxygens (including phenoxy) is 1. The van der Waals surface area contributed by atoms with E-state index in [-0.39, 0.29) is 11.8 Å². The van der Waals surface area contributed by atoms with Gasteiger partial charge in [0.15, 0.2) is 0 Å². The lowest BCUT2D eigenvalue weighted by Crippen LogP contribution is -2.37. The Balaban J connectivity index is 1.61. The van der Waals surface area contributed by atoms with Crippen LogP contribution in [0.3, 0.4) is 0 Å². The van der Waals surface area contributed by atoms with Gasteiger partial charge in [0.25, 0.3) is 11.8 Å². The molecule has 2 amide bonds. The van der Waals surface area contributed by atoms with Gasteiger partial charge in [-0.3, -0.25) is 9.59 Å². The van der Waals surface area contributed by atoms with Crippen LogP contribution in [0.4, 0.5) is 5.69 Å². The van der Waals surface area contributed by atoms with Crippen LogP contribution >= 0.6 is 0 Å². The molecular formula is C27H24N2O3. The summed E-state index contributed by atoms with van der Waals surface area (Å²) < 4.78 is 5.27. The van der Waals surface area contributed by atoms with E-state index in [0.29, 0.717) is 41.4 Å². The lowest BCUT2D eigenvalue weighted by molar-refractivity contribution is -0.120. The number of rotatable bonds is 4. The Kier molecular flexibility index (Phi) is 5.02. The number of aryl methyl sites for hydroxylation is 1. The first-order chi connectivity index (χ1) is 15.6. The highest BCUT2D eigenvalue weighted by Gasteiger charge is 2.43. The topological polar surface area (TPSA) is 49.9 Å². The van der Waals surface area contributed by atoms with Crippen LogP contribution in [0.5, 0.6) is 5.75 Å². The minimum atomic E-state index is -0.294. The van der Waals surface area contributed by atoms with Crippen LogP contribution in [0.2, 0.25) is 0 Å². The molecule has 0 N–H and O–H groups in total. The normalized spacial score (nSPS) is 15.9. The predicted molar refractivity (Wildman–Crippen MR) is 124 cm³/mol. The van der Waals surface area contributed by atoms with Gasteiger partial charge in [0.1, 0.15) is 11.4 Å². The third-order valence-corrected chi connectivity index (χ3v) is 6.18. The molecule has 0 bridgehead atoms. The van der Waals surface area contributed by atoms with Crippen molar-refractivity contribution in [3.05, 3.63) is 101 Å². The van der Waals surface area contributed by atoms with Gasteiger partial charge in [-0.1, -0.05) is 54.1 Å². The predicted octanol–water partition coefficient (Wildman–Crippen LogP) is 4.35. The Hall–Kier alpha value is -3.86. The van der Waals surface area contributed by atoms with E-state index < -0.39 is 0 Å². The summed E-state index contributed by atoms with van der Waals surface area (Å²) >= 11 is 0. The first-order valence-corrected chi connectivity index (χ1v) is 10.7. The minimum Gasteiger partial charge on any atom is -0.497 e. The molecule has 2 heterocycles. The average Bonchev–Trinajstić information content (AvgIpc) is 3.09. The number of fused-ring (bicyclic) bond motifs is 1.